The first-order valence-corrected chi connectivity index (χ1v) is 8.18. The molecule has 4 nitrogen and oxygen atoms in total. The number of hydrogen-bond acceptors (Lipinski definition) is 2. The minimum atomic E-state index is -0.165. The van der Waals surface area contributed by atoms with Crippen LogP contribution in [0.3, 0.4) is 0 Å². The second kappa shape index (κ2) is 8.18. The number of anilines is 1. The van der Waals surface area contributed by atoms with Crippen molar-refractivity contribution >= 4 is 40.7 Å². The molecular formula is C18H18Cl2N2O2. The number of amides is 2. The zero-order chi connectivity index (χ0) is 17.7. The molecule has 0 aromatic heterocycles. The van der Waals surface area contributed by atoms with Crippen molar-refractivity contribution in [1.82, 2.24) is 4.90 Å². The Hall–Kier alpha value is -2.04. The third-order valence-electron chi connectivity index (χ3n) is 3.45. The molecule has 0 saturated carbocycles. The van der Waals surface area contributed by atoms with E-state index in [4.69, 9.17) is 23.2 Å². The van der Waals surface area contributed by atoms with Crippen LogP contribution in [0, 0.1) is 0 Å². The molecule has 1 N–H and O–H groups in total. The van der Waals surface area contributed by atoms with Crippen LogP contribution in [0.5, 0.6) is 0 Å². The second-order valence-corrected chi connectivity index (χ2v) is 6.41. The standard InChI is InChI=1S/C18H18Cl2N2O2/c1-22(2)18(24)13-6-9-15(20)16(11-13)21-17(23)10-5-12-3-7-14(19)8-4-12/h3-4,6-9,11H,5,10H2,1-2H3,(H,21,23). The third-order valence-corrected chi connectivity index (χ3v) is 4.03. The number of halogens is 2. The van der Waals surface area contributed by atoms with Gasteiger partial charge in [-0.05, 0) is 42.3 Å². The van der Waals surface area contributed by atoms with Crippen LogP contribution in [0.4, 0.5) is 5.69 Å². The Morgan fingerprint density at radius 2 is 1.71 bits per heavy atom. The van der Waals surface area contributed by atoms with Gasteiger partial charge in [-0.1, -0.05) is 35.3 Å². The van der Waals surface area contributed by atoms with Crippen LogP contribution >= 0.6 is 23.2 Å². The lowest BCUT2D eigenvalue weighted by atomic mass is 10.1. The molecule has 0 aliphatic rings. The van der Waals surface area contributed by atoms with Gasteiger partial charge in [-0.15, -0.1) is 0 Å². The summed E-state index contributed by atoms with van der Waals surface area (Å²) in [5.41, 5.74) is 1.93. The molecule has 0 spiro atoms. The van der Waals surface area contributed by atoms with Crippen LogP contribution in [0.1, 0.15) is 22.3 Å². The Bertz CT molecular complexity index is 743. The van der Waals surface area contributed by atoms with Gasteiger partial charge < -0.3 is 10.2 Å². The zero-order valence-corrected chi connectivity index (χ0v) is 15.0. The molecule has 0 aliphatic carbocycles. The number of rotatable bonds is 5. The Labute approximate surface area is 151 Å². The first-order valence-electron chi connectivity index (χ1n) is 7.42. The summed E-state index contributed by atoms with van der Waals surface area (Å²) in [4.78, 5) is 25.6. The van der Waals surface area contributed by atoms with E-state index in [1.54, 1.807) is 44.4 Å². The maximum atomic E-state index is 12.1. The number of aryl methyl sites for hydroxylation is 1. The van der Waals surface area contributed by atoms with E-state index in [9.17, 15) is 9.59 Å². The lowest BCUT2D eigenvalue weighted by Crippen LogP contribution is -2.22. The molecule has 0 bridgehead atoms. The van der Waals surface area contributed by atoms with Gasteiger partial charge in [0, 0.05) is 31.1 Å². The van der Waals surface area contributed by atoms with Crippen LogP contribution in [0.15, 0.2) is 42.5 Å². The summed E-state index contributed by atoms with van der Waals surface area (Å²) >= 11 is 11.9. The maximum Gasteiger partial charge on any atom is 0.253 e. The van der Waals surface area contributed by atoms with Gasteiger partial charge in [0.05, 0.1) is 10.7 Å². The number of nitrogens with zero attached hydrogens (tertiary/aromatic N) is 1. The largest absolute Gasteiger partial charge is 0.345 e. The molecule has 24 heavy (non-hydrogen) atoms. The number of benzene rings is 2. The fraction of sp³-hybridized carbons (Fsp3) is 0.222. The Kier molecular flexibility index (Phi) is 6.23. The Morgan fingerprint density at radius 3 is 2.33 bits per heavy atom. The highest BCUT2D eigenvalue weighted by molar-refractivity contribution is 6.34. The van der Waals surface area contributed by atoms with Crippen molar-refractivity contribution < 1.29 is 9.59 Å². The summed E-state index contributed by atoms with van der Waals surface area (Å²) in [6.45, 7) is 0. The van der Waals surface area contributed by atoms with Crippen LogP contribution in [-0.2, 0) is 11.2 Å². The predicted octanol–water partition coefficient (Wildman–Crippen LogP) is 4.27. The lowest BCUT2D eigenvalue weighted by Gasteiger charge is -2.13. The van der Waals surface area contributed by atoms with Gasteiger partial charge in [-0.2, -0.15) is 0 Å². The summed E-state index contributed by atoms with van der Waals surface area (Å²) in [6.07, 6.45) is 0.904. The number of carbonyl (C=O) groups is 2. The van der Waals surface area contributed by atoms with Gasteiger partial charge in [0.1, 0.15) is 0 Å². The molecule has 0 radical (unpaired) electrons. The first-order chi connectivity index (χ1) is 11.4. The fourth-order valence-electron chi connectivity index (χ4n) is 2.13. The maximum absolute atomic E-state index is 12.1. The second-order valence-electron chi connectivity index (χ2n) is 5.57. The normalized spacial score (nSPS) is 10.3. The van der Waals surface area contributed by atoms with Crippen molar-refractivity contribution in [2.45, 2.75) is 12.8 Å². The van der Waals surface area contributed by atoms with Gasteiger partial charge in [0.25, 0.3) is 5.91 Å². The molecule has 0 heterocycles. The zero-order valence-electron chi connectivity index (χ0n) is 13.5. The molecule has 2 rings (SSSR count). The van der Waals surface area contributed by atoms with Gasteiger partial charge >= 0.3 is 0 Å². The quantitative estimate of drug-likeness (QED) is 0.861. The van der Waals surface area contributed by atoms with E-state index >= 15 is 0 Å². The minimum absolute atomic E-state index is 0.150. The number of carbonyl (C=O) groups excluding carboxylic acids is 2. The van der Waals surface area contributed by atoms with Crippen molar-refractivity contribution in [2.75, 3.05) is 19.4 Å². The molecule has 2 amide bonds. The van der Waals surface area contributed by atoms with E-state index in [1.165, 1.54) is 4.90 Å². The molecule has 0 fully saturated rings. The van der Waals surface area contributed by atoms with Gasteiger partial charge in [-0.3, -0.25) is 9.59 Å². The number of nitrogens with one attached hydrogen (secondary N) is 1. The summed E-state index contributed by atoms with van der Waals surface area (Å²) in [5.74, 6) is -0.315. The Morgan fingerprint density at radius 1 is 1.04 bits per heavy atom. The van der Waals surface area contributed by atoms with E-state index in [0.29, 0.717) is 34.1 Å². The van der Waals surface area contributed by atoms with Crippen LogP contribution < -0.4 is 5.32 Å². The minimum Gasteiger partial charge on any atom is -0.345 e. The van der Waals surface area contributed by atoms with Gasteiger partial charge in [-0.25, -0.2) is 0 Å². The highest BCUT2D eigenvalue weighted by Crippen LogP contribution is 2.24. The molecule has 2 aromatic carbocycles. The van der Waals surface area contributed by atoms with E-state index in [-0.39, 0.29) is 11.8 Å². The van der Waals surface area contributed by atoms with Crippen LogP contribution in [-0.4, -0.2) is 30.8 Å². The molecule has 0 saturated heterocycles. The third kappa shape index (κ3) is 4.98. The SMILES string of the molecule is CN(C)C(=O)c1ccc(Cl)c(NC(=O)CCc2ccc(Cl)cc2)c1. The highest BCUT2D eigenvalue weighted by Gasteiger charge is 2.12. The molecule has 126 valence electrons. The lowest BCUT2D eigenvalue weighted by molar-refractivity contribution is -0.116. The summed E-state index contributed by atoms with van der Waals surface area (Å²) < 4.78 is 0. The van der Waals surface area contributed by atoms with Crippen molar-refractivity contribution in [1.29, 1.82) is 0 Å². The summed E-state index contributed by atoms with van der Waals surface area (Å²) in [7, 11) is 3.34. The van der Waals surface area contributed by atoms with Crippen molar-refractivity contribution in [2.24, 2.45) is 0 Å². The summed E-state index contributed by atoms with van der Waals surface area (Å²) in [6, 6.07) is 12.2. The van der Waals surface area contributed by atoms with E-state index in [0.717, 1.165) is 5.56 Å². The van der Waals surface area contributed by atoms with Gasteiger partial charge in [0.2, 0.25) is 5.91 Å². The van der Waals surface area contributed by atoms with E-state index in [1.807, 2.05) is 12.1 Å². The van der Waals surface area contributed by atoms with E-state index in [2.05, 4.69) is 5.32 Å². The first kappa shape index (κ1) is 18.3. The Balaban J connectivity index is 2.01. The fourth-order valence-corrected chi connectivity index (χ4v) is 2.42. The molecule has 0 atom stereocenters. The van der Waals surface area contributed by atoms with Crippen molar-refractivity contribution in [3.8, 4) is 0 Å². The smallest absolute Gasteiger partial charge is 0.253 e. The highest BCUT2D eigenvalue weighted by atomic mass is 35.5. The summed E-state index contributed by atoms with van der Waals surface area (Å²) in [5, 5.41) is 3.82. The average Bonchev–Trinajstić information content (AvgIpc) is 2.55. The van der Waals surface area contributed by atoms with Crippen molar-refractivity contribution in [3.63, 3.8) is 0 Å². The molecule has 6 heteroatoms. The van der Waals surface area contributed by atoms with Gasteiger partial charge in [0.15, 0.2) is 0 Å². The van der Waals surface area contributed by atoms with Crippen LogP contribution in [0.25, 0.3) is 0 Å². The topological polar surface area (TPSA) is 49.4 Å². The number of hydrogen-bond donors (Lipinski definition) is 1. The molecule has 0 aliphatic heterocycles. The van der Waals surface area contributed by atoms with E-state index < -0.39 is 0 Å². The van der Waals surface area contributed by atoms with Crippen molar-refractivity contribution in [3.05, 3.63) is 63.6 Å². The monoisotopic (exact) mass is 364 g/mol. The molecule has 2 aromatic rings. The van der Waals surface area contributed by atoms with Crippen LogP contribution in [0.2, 0.25) is 10.0 Å². The average molecular weight is 365 g/mol. The predicted molar refractivity (Wildman–Crippen MR) is 97.9 cm³/mol. The molecule has 0 unspecified atom stereocenters. The molecular weight excluding hydrogens is 347 g/mol.